The van der Waals surface area contributed by atoms with Crippen LogP contribution in [0, 0.1) is 11.3 Å². The van der Waals surface area contributed by atoms with Crippen LogP contribution in [0.2, 0.25) is 0 Å². The van der Waals surface area contributed by atoms with Crippen LogP contribution in [0.4, 0.5) is 0 Å². The van der Waals surface area contributed by atoms with Crippen molar-refractivity contribution in [2.45, 2.75) is 19.5 Å². The van der Waals surface area contributed by atoms with Crippen molar-refractivity contribution in [3.8, 4) is 17.2 Å². The first-order valence-electron chi connectivity index (χ1n) is 11.1. The van der Waals surface area contributed by atoms with Gasteiger partial charge in [0, 0.05) is 43.7 Å². The number of aromatic amines is 1. The van der Waals surface area contributed by atoms with Gasteiger partial charge in [-0.15, -0.1) is 11.3 Å². The summed E-state index contributed by atoms with van der Waals surface area (Å²) < 4.78 is 0. The highest BCUT2D eigenvalue weighted by Gasteiger charge is 2.24. The molecule has 2 aromatic carbocycles. The largest absolute Gasteiger partial charge is 0.309 e. The Labute approximate surface area is 196 Å². The fourth-order valence-corrected chi connectivity index (χ4v) is 5.37. The Morgan fingerprint density at radius 2 is 1.82 bits per heavy atom. The van der Waals surface area contributed by atoms with Crippen LogP contribution in [0.5, 0.6) is 0 Å². The molecule has 4 aromatic rings. The van der Waals surface area contributed by atoms with Crippen LogP contribution >= 0.6 is 11.3 Å². The van der Waals surface area contributed by atoms with E-state index in [2.05, 4.69) is 27.8 Å². The fourth-order valence-electron chi connectivity index (χ4n) is 4.42. The van der Waals surface area contributed by atoms with E-state index in [0.717, 1.165) is 54.5 Å². The Hall–Kier alpha value is -3.31. The van der Waals surface area contributed by atoms with Crippen molar-refractivity contribution in [2.75, 3.05) is 26.2 Å². The first-order chi connectivity index (χ1) is 16.1. The normalized spacial score (nSPS) is 16.0. The highest BCUT2D eigenvalue weighted by Crippen LogP contribution is 2.31. The number of hydrogen-bond acceptors (Lipinski definition) is 6. The predicted octanol–water partition coefficient (Wildman–Crippen LogP) is 4.40. The lowest BCUT2D eigenvalue weighted by atomic mass is 10.1. The van der Waals surface area contributed by atoms with Crippen LogP contribution in [-0.4, -0.2) is 45.9 Å². The Kier molecular flexibility index (Phi) is 6.05. The highest BCUT2D eigenvalue weighted by molar-refractivity contribution is 7.17. The van der Waals surface area contributed by atoms with E-state index in [0.29, 0.717) is 10.9 Å². The van der Waals surface area contributed by atoms with E-state index >= 15 is 0 Å². The van der Waals surface area contributed by atoms with Crippen LogP contribution in [0.3, 0.4) is 0 Å². The molecule has 7 heteroatoms. The molecule has 2 aromatic heterocycles. The van der Waals surface area contributed by atoms with Gasteiger partial charge in [0.2, 0.25) is 0 Å². The standard InChI is InChI=1S/C26H25N5OS/c1-18(31-13-11-30(12-14-31)16-20-9-7-19(15-27)8-10-20)24-28-25(32)23-22(17-33-26(23)29-24)21-5-3-2-4-6-21/h2-10,17-18H,11-14,16H2,1H3,(H,28,29,32)/t18-/m0/s1. The molecule has 1 fully saturated rings. The maximum atomic E-state index is 13.0. The smallest absolute Gasteiger partial charge is 0.260 e. The third-order valence-electron chi connectivity index (χ3n) is 6.39. The third-order valence-corrected chi connectivity index (χ3v) is 7.26. The van der Waals surface area contributed by atoms with Crippen LogP contribution < -0.4 is 5.56 Å². The molecule has 1 saturated heterocycles. The second-order valence-corrected chi connectivity index (χ2v) is 9.30. The Morgan fingerprint density at radius 1 is 1.09 bits per heavy atom. The Balaban J connectivity index is 1.28. The summed E-state index contributed by atoms with van der Waals surface area (Å²) in [6.07, 6.45) is 0. The zero-order valence-corrected chi connectivity index (χ0v) is 19.3. The molecule has 5 rings (SSSR count). The van der Waals surface area contributed by atoms with Gasteiger partial charge in [-0.1, -0.05) is 42.5 Å². The average Bonchev–Trinajstić information content (AvgIpc) is 3.30. The fraction of sp³-hybridized carbons (Fsp3) is 0.269. The van der Waals surface area contributed by atoms with Gasteiger partial charge in [0.05, 0.1) is 23.1 Å². The number of piperazine rings is 1. The maximum absolute atomic E-state index is 13.0. The second-order valence-electron chi connectivity index (χ2n) is 8.44. The molecule has 166 valence electrons. The van der Waals surface area contributed by atoms with Crippen molar-refractivity contribution in [3.05, 3.63) is 87.3 Å². The van der Waals surface area contributed by atoms with Gasteiger partial charge in [-0.05, 0) is 30.2 Å². The van der Waals surface area contributed by atoms with E-state index in [1.807, 2.05) is 60.0 Å². The summed E-state index contributed by atoms with van der Waals surface area (Å²) in [7, 11) is 0. The summed E-state index contributed by atoms with van der Waals surface area (Å²) in [5.41, 5.74) is 3.83. The summed E-state index contributed by atoms with van der Waals surface area (Å²) >= 11 is 1.53. The number of benzene rings is 2. The third kappa shape index (κ3) is 4.46. The molecule has 0 aliphatic carbocycles. The van der Waals surface area contributed by atoms with E-state index in [1.165, 1.54) is 16.9 Å². The summed E-state index contributed by atoms with van der Waals surface area (Å²) in [4.78, 5) is 26.5. The number of nitriles is 1. The van der Waals surface area contributed by atoms with E-state index in [9.17, 15) is 4.79 Å². The van der Waals surface area contributed by atoms with Crippen molar-refractivity contribution in [1.29, 1.82) is 5.26 Å². The van der Waals surface area contributed by atoms with Gasteiger partial charge in [-0.3, -0.25) is 14.6 Å². The number of nitrogens with one attached hydrogen (secondary N) is 1. The molecule has 33 heavy (non-hydrogen) atoms. The summed E-state index contributed by atoms with van der Waals surface area (Å²) in [5, 5.41) is 11.7. The van der Waals surface area contributed by atoms with Crippen molar-refractivity contribution < 1.29 is 0 Å². The minimum atomic E-state index is -0.0681. The minimum absolute atomic E-state index is 0.0430. The number of H-pyrrole nitrogens is 1. The molecule has 0 amide bonds. The van der Waals surface area contributed by atoms with Crippen molar-refractivity contribution in [1.82, 2.24) is 19.8 Å². The second kappa shape index (κ2) is 9.28. The molecular formula is C26H25N5OS. The lowest BCUT2D eigenvalue weighted by Gasteiger charge is -2.37. The van der Waals surface area contributed by atoms with E-state index in [-0.39, 0.29) is 11.6 Å². The maximum Gasteiger partial charge on any atom is 0.260 e. The minimum Gasteiger partial charge on any atom is -0.309 e. The molecule has 1 aliphatic heterocycles. The predicted molar refractivity (Wildman–Crippen MR) is 132 cm³/mol. The number of nitrogens with zero attached hydrogens (tertiary/aromatic N) is 4. The molecule has 1 atom stereocenters. The van der Waals surface area contributed by atoms with Gasteiger partial charge in [0.25, 0.3) is 5.56 Å². The van der Waals surface area contributed by atoms with E-state index in [1.54, 1.807) is 0 Å². The highest BCUT2D eigenvalue weighted by atomic mass is 32.1. The molecule has 0 bridgehead atoms. The van der Waals surface area contributed by atoms with Crippen molar-refractivity contribution in [3.63, 3.8) is 0 Å². The number of thiophene rings is 1. The zero-order chi connectivity index (χ0) is 22.8. The van der Waals surface area contributed by atoms with Crippen LogP contribution in [0.15, 0.2) is 64.8 Å². The van der Waals surface area contributed by atoms with Gasteiger partial charge in [-0.2, -0.15) is 5.26 Å². The quantitative estimate of drug-likeness (QED) is 0.483. The number of rotatable bonds is 5. The Morgan fingerprint density at radius 3 is 2.52 bits per heavy atom. The van der Waals surface area contributed by atoms with Crippen LogP contribution in [0.25, 0.3) is 21.3 Å². The number of aromatic nitrogens is 2. The number of fused-ring (bicyclic) bond motifs is 1. The molecule has 1 N–H and O–H groups in total. The van der Waals surface area contributed by atoms with E-state index < -0.39 is 0 Å². The first kappa shape index (κ1) is 21.5. The monoisotopic (exact) mass is 455 g/mol. The summed E-state index contributed by atoms with van der Waals surface area (Å²) in [6.45, 7) is 6.73. The topological polar surface area (TPSA) is 76.0 Å². The van der Waals surface area contributed by atoms with E-state index in [4.69, 9.17) is 10.2 Å². The first-order valence-corrected chi connectivity index (χ1v) is 12.0. The molecule has 1 aliphatic rings. The molecule has 0 spiro atoms. The number of hydrogen-bond donors (Lipinski definition) is 1. The molecule has 6 nitrogen and oxygen atoms in total. The Bertz CT molecular complexity index is 1350. The van der Waals surface area contributed by atoms with Crippen LogP contribution in [-0.2, 0) is 6.54 Å². The van der Waals surface area contributed by atoms with Gasteiger partial charge in [0.1, 0.15) is 10.7 Å². The molecular weight excluding hydrogens is 430 g/mol. The van der Waals surface area contributed by atoms with Crippen molar-refractivity contribution >= 4 is 21.6 Å². The van der Waals surface area contributed by atoms with Gasteiger partial charge < -0.3 is 4.98 Å². The van der Waals surface area contributed by atoms with Crippen molar-refractivity contribution in [2.24, 2.45) is 0 Å². The SMILES string of the molecule is C[C@@H](c1nc2scc(-c3ccccc3)c2c(=O)[nH]1)N1CCN(Cc2ccc(C#N)cc2)CC1. The molecule has 0 radical (unpaired) electrons. The van der Waals surface area contributed by atoms with Gasteiger partial charge >= 0.3 is 0 Å². The lowest BCUT2D eigenvalue weighted by Crippen LogP contribution is -2.47. The summed E-state index contributed by atoms with van der Waals surface area (Å²) in [5.74, 6) is 0.731. The molecule has 3 heterocycles. The van der Waals surface area contributed by atoms with Gasteiger partial charge in [0.15, 0.2) is 0 Å². The lowest BCUT2D eigenvalue weighted by molar-refractivity contribution is 0.0948. The average molecular weight is 456 g/mol. The van der Waals surface area contributed by atoms with Crippen LogP contribution in [0.1, 0.15) is 29.9 Å². The summed E-state index contributed by atoms with van der Waals surface area (Å²) in [6, 6.07) is 20.0. The van der Waals surface area contributed by atoms with Gasteiger partial charge in [-0.25, -0.2) is 4.98 Å². The zero-order valence-electron chi connectivity index (χ0n) is 18.5. The molecule has 0 unspecified atom stereocenters. The molecule has 0 saturated carbocycles.